The summed E-state index contributed by atoms with van der Waals surface area (Å²) in [5.41, 5.74) is 5.44. The average Bonchev–Trinajstić information content (AvgIpc) is 2.96. The fourth-order valence-electron chi connectivity index (χ4n) is 2.04. The highest BCUT2D eigenvalue weighted by Gasteiger charge is 2.47. The van der Waals surface area contributed by atoms with Gasteiger partial charge in [-0.2, -0.15) is 0 Å². The van der Waals surface area contributed by atoms with Gasteiger partial charge in [-0.05, 0) is 25.0 Å². The van der Waals surface area contributed by atoms with Crippen molar-refractivity contribution in [3.63, 3.8) is 0 Å². The number of hydrogen-bond donors (Lipinski definition) is 1. The molecule has 1 aliphatic rings. The van der Waals surface area contributed by atoms with E-state index in [1.54, 1.807) is 0 Å². The summed E-state index contributed by atoms with van der Waals surface area (Å²) in [6, 6.07) is 4.16. The summed E-state index contributed by atoms with van der Waals surface area (Å²) in [6.45, 7) is 0.288. The monoisotopic (exact) mass is 243 g/mol. The van der Waals surface area contributed by atoms with Gasteiger partial charge in [0.25, 0.3) is 0 Å². The van der Waals surface area contributed by atoms with Crippen LogP contribution in [-0.4, -0.2) is 21.2 Å². The van der Waals surface area contributed by atoms with Crippen LogP contribution in [0.3, 0.4) is 0 Å². The smallest absolute Gasteiger partial charge is 0.175 e. The van der Waals surface area contributed by atoms with Crippen LogP contribution in [0.5, 0.6) is 0 Å². The zero-order valence-electron chi connectivity index (χ0n) is 9.03. The molecule has 16 heavy (non-hydrogen) atoms. The summed E-state index contributed by atoms with van der Waals surface area (Å²) in [4.78, 5) is 0.0791. The lowest BCUT2D eigenvalue weighted by Gasteiger charge is -2.17. The second kappa shape index (κ2) is 3.53. The van der Waals surface area contributed by atoms with Gasteiger partial charge in [0.2, 0.25) is 0 Å². The van der Waals surface area contributed by atoms with Crippen molar-refractivity contribution in [1.29, 1.82) is 0 Å². The molecule has 3 nitrogen and oxygen atoms in total. The number of halogens is 1. The van der Waals surface area contributed by atoms with E-state index in [4.69, 9.17) is 5.73 Å². The lowest BCUT2D eigenvalue weighted by Crippen LogP contribution is -2.23. The normalized spacial score (nSPS) is 18.4. The van der Waals surface area contributed by atoms with Crippen LogP contribution in [0.2, 0.25) is 0 Å². The molecule has 0 heterocycles. The fraction of sp³-hybridized carbons (Fsp3) is 0.455. The molecule has 1 fully saturated rings. The van der Waals surface area contributed by atoms with Crippen molar-refractivity contribution in [3.05, 3.63) is 29.6 Å². The predicted molar refractivity (Wildman–Crippen MR) is 59.5 cm³/mol. The van der Waals surface area contributed by atoms with Crippen LogP contribution in [0, 0.1) is 5.82 Å². The Bertz CT molecular complexity index is 521. The molecule has 5 heteroatoms. The standard InChI is InChI=1S/C11H14FNO2S/c1-16(14,15)9-4-2-3-8(12)10(9)11(7-13)5-6-11/h2-4H,5-7,13H2,1H3. The summed E-state index contributed by atoms with van der Waals surface area (Å²) in [5.74, 6) is -0.467. The highest BCUT2D eigenvalue weighted by atomic mass is 32.2. The van der Waals surface area contributed by atoms with E-state index in [0.29, 0.717) is 0 Å². The van der Waals surface area contributed by atoms with Gasteiger partial charge >= 0.3 is 0 Å². The summed E-state index contributed by atoms with van der Waals surface area (Å²) in [6.07, 6.45) is 2.61. The molecule has 1 aliphatic carbocycles. The highest BCUT2D eigenvalue weighted by molar-refractivity contribution is 7.90. The Kier molecular flexibility index (Phi) is 2.55. The first-order valence-electron chi connectivity index (χ1n) is 5.10. The first kappa shape index (κ1) is 11.5. The third-order valence-electron chi connectivity index (χ3n) is 3.15. The van der Waals surface area contributed by atoms with Crippen molar-refractivity contribution in [3.8, 4) is 0 Å². The highest BCUT2D eigenvalue weighted by Crippen LogP contribution is 2.50. The molecule has 0 aromatic heterocycles. The lowest BCUT2D eigenvalue weighted by molar-refractivity contribution is 0.553. The van der Waals surface area contributed by atoms with Crippen molar-refractivity contribution >= 4 is 9.84 Å². The molecule has 0 unspecified atom stereocenters. The van der Waals surface area contributed by atoms with Gasteiger partial charge in [0.15, 0.2) is 9.84 Å². The Morgan fingerprint density at radius 2 is 2.06 bits per heavy atom. The molecule has 88 valence electrons. The van der Waals surface area contributed by atoms with E-state index in [2.05, 4.69) is 0 Å². The minimum Gasteiger partial charge on any atom is -0.330 e. The maximum Gasteiger partial charge on any atom is 0.175 e. The van der Waals surface area contributed by atoms with Gasteiger partial charge in [0.05, 0.1) is 4.90 Å². The van der Waals surface area contributed by atoms with Gasteiger partial charge in [-0.1, -0.05) is 6.07 Å². The van der Waals surface area contributed by atoms with Gasteiger partial charge in [-0.3, -0.25) is 0 Å². The summed E-state index contributed by atoms with van der Waals surface area (Å²) in [7, 11) is -3.40. The van der Waals surface area contributed by atoms with E-state index in [-0.39, 0.29) is 17.0 Å². The summed E-state index contributed by atoms with van der Waals surface area (Å²) >= 11 is 0. The molecule has 1 saturated carbocycles. The van der Waals surface area contributed by atoms with Gasteiger partial charge in [0.1, 0.15) is 5.82 Å². The van der Waals surface area contributed by atoms with Crippen LogP contribution in [0.1, 0.15) is 18.4 Å². The molecule has 2 N–H and O–H groups in total. The van der Waals surface area contributed by atoms with E-state index >= 15 is 0 Å². The zero-order valence-corrected chi connectivity index (χ0v) is 9.85. The number of benzene rings is 1. The maximum absolute atomic E-state index is 13.8. The van der Waals surface area contributed by atoms with Crippen molar-refractivity contribution in [2.24, 2.45) is 5.73 Å². The van der Waals surface area contributed by atoms with E-state index < -0.39 is 21.1 Å². The second-order valence-corrected chi connectivity index (χ2v) is 6.35. The average molecular weight is 243 g/mol. The van der Waals surface area contributed by atoms with Crippen LogP contribution >= 0.6 is 0 Å². The number of sulfone groups is 1. The first-order valence-corrected chi connectivity index (χ1v) is 6.99. The fourth-order valence-corrected chi connectivity index (χ4v) is 3.05. The number of nitrogens with two attached hydrogens (primary N) is 1. The van der Waals surface area contributed by atoms with E-state index in [1.807, 2.05) is 0 Å². The molecule has 1 aromatic rings. The minimum atomic E-state index is -3.40. The Labute approximate surface area is 94.4 Å². The largest absolute Gasteiger partial charge is 0.330 e. The molecule has 0 aliphatic heterocycles. The van der Waals surface area contributed by atoms with Crippen LogP contribution in [0.4, 0.5) is 4.39 Å². The SMILES string of the molecule is CS(=O)(=O)c1cccc(F)c1C1(CN)CC1. The molecular formula is C11H14FNO2S. The molecule has 0 atom stereocenters. The maximum atomic E-state index is 13.8. The molecule has 0 bridgehead atoms. The van der Waals surface area contributed by atoms with Gasteiger partial charge < -0.3 is 5.73 Å². The van der Waals surface area contributed by atoms with Crippen molar-refractivity contribution < 1.29 is 12.8 Å². The van der Waals surface area contributed by atoms with Crippen LogP contribution in [-0.2, 0) is 15.3 Å². The Morgan fingerprint density at radius 1 is 1.44 bits per heavy atom. The predicted octanol–water partition coefficient (Wildman–Crippen LogP) is 1.22. The van der Waals surface area contributed by atoms with E-state index in [0.717, 1.165) is 19.1 Å². The van der Waals surface area contributed by atoms with Gasteiger partial charge in [-0.25, -0.2) is 12.8 Å². The molecule has 2 rings (SSSR count). The van der Waals surface area contributed by atoms with E-state index in [9.17, 15) is 12.8 Å². The first-order chi connectivity index (χ1) is 7.41. The molecule has 1 aromatic carbocycles. The molecular weight excluding hydrogens is 229 g/mol. The minimum absolute atomic E-state index is 0.0791. The van der Waals surface area contributed by atoms with Crippen LogP contribution < -0.4 is 5.73 Å². The van der Waals surface area contributed by atoms with Crippen LogP contribution in [0.15, 0.2) is 23.1 Å². The Balaban J connectivity index is 2.68. The molecule has 0 spiro atoms. The van der Waals surface area contributed by atoms with E-state index in [1.165, 1.54) is 18.2 Å². The second-order valence-electron chi connectivity index (χ2n) is 4.37. The summed E-state index contributed by atoms with van der Waals surface area (Å²) in [5, 5.41) is 0. The summed E-state index contributed by atoms with van der Waals surface area (Å²) < 4.78 is 37.0. The van der Waals surface area contributed by atoms with Crippen molar-refractivity contribution in [2.45, 2.75) is 23.2 Å². The third-order valence-corrected chi connectivity index (χ3v) is 4.29. The third kappa shape index (κ3) is 1.74. The lowest BCUT2D eigenvalue weighted by atomic mass is 9.95. The number of hydrogen-bond acceptors (Lipinski definition) is 3. The van der Waals surface area contributed by atoms with Crippen molar-refractivity contribution in [1.82, 2.24) is 0 Å². The molecule has 0 saturated heterocycles. The zero-order chi connectivity index (χ0) is 12.0. The Morgan fingerprint density at radius 3 is 2.50 bits per heavy atom. The van der Waals surface area contributed by atoms with Gasteiger partial charge in [0, 0.05) is 23.8 Å². The number of rotatable bonds is 3. The van der Waals surface area contributed by atoms with Gasteiger partial charge in [-0.15, -0.1) is 0 Å². The molecule has 0 radical (unpaired) electrons. The Hall–Kier alpha value is -0.940. The molecule has 0 amide bonds. The quantitative estimate of drug-likeness (QED) is 0.868. The van der Waals surface area contributed by atoms with Crippen LogP contribution in [0.25, 0.3) is 0 Å². The topological polar surface area (TPSA) is 60.2 Å². The van der Waals surface area contributed by atoms with Crippen molar-refractivity contribution in [2.75, 3.05) is 12.8 Å².